The lowest BCUT2D eigenvalue weighted by atomic mass is 10.2. The molecular weight excluding hydrogens is 220 g/mol. The minimum absolute atomic E-state index is 0.161. The van der Waals surface area contributed by atoms with Crippen LogP contribution in [0.4, 0.5) is 0 Å². The standard InChI is InChI=1S/C12H28N2O3/c1-15-8-4-6-14(7-10-17-3)11-12(13)5-9-16-2/h12H,4-11,13H2,1-3H3. The van der Waals surface area contributed by atoms with Crippen molar-refractivity contribution >= 4 is 0 Å². The highest BCUT2D eigenvalue weighted by atomic mass is 16.5. The van der Waals surface area contributed by atoms with E-state index in [1.54, 1.807) is 21.3 Å². The Morgan fingerprint density at radius 2 is 1.59 bits per heavy atom. The molecule has 0 fully saturated rings. The second-order valence-electron chi connectivity index (χ2n) is 4.18. The molecule has 0 amide bonds. The van der Waals surface area contributed by atoms with E-state index in [0.29, 0.717) is 0 Å². The Balaban J connectivity index is 3.81. The van der Waals surface area contributed by atoms with Gasteiger partial charge in [-0.3, -0.25) is 4.90 Å². The van der Waals surface area contributed by atoms with Crippen LogP contribution < -0.4 is 5.73 Å². The van der Waals surface area contributed by atoms with Gasteiger partial charge in [-0.15, -0.1) is 0 Å². The van der Waals surface area contributed by atoms with Gasteiger partial charge in [-0.05, 0) is 12.8 Å². The van der Waals surface area contributed by atoms with Crippen LogP contribution in [0.2, 0.25) is 0 Å². The molecule has 0 rings (SSSR count). The average molecular weight is 248 g/mol. The van der Waals surface area contributed by atoms with Crippen molar-refractivity contribution in [1.29, 1.82) is 0 Å². The lowest BCUT2D eigenvalue weighted by molar-refractivity contribution is 0.123. The van der Waals surface area contributed by atoms with E-state index in [2.05, 4.69) is 4.90 Å². The molecule has 1 atom stereocenters. The van der Waals surface area contributed by atoms with Crippen molar-refractivity contribution in [3.63, 3.8) is 0 Å². The fourth-order valence-electron chi connectivity index (χ4n) is 1.64. The molecule has 0 spiro atoms. The lowest BCUT2D eigenvalue weighted by Gasteiger charge is -2.25. The van der Waals surface area contributed by atoms with Crippen LogP contribution in [-0.2, 0) is 14.2 Å². The zero-order valence-electron chi connectivity index (χ0n) is 11.5. The highest BCUT2D eigenvalue weighted by Gasteiger charge is 2.10. The molecule has 0 bridgehead atoms. The van der Waals surface area contributed by atoms with Gasteiger partial charge in [0.15, 0.2) is 0 Å². The second-order valence-corrected chi connectivity index (χ2v) is 4.18. The number of hydrogen-bond donors (Lipinski definition) is 1. The van der Waals surface area contributed by atoms with Gasteiger partial charge in [0.05, 0.1) is 6.61 Å². The molecule has 0 aliphatic rings. The Kier molecular flexibility index (Phi) is 12.1. The van der Waals surface area contributed by atoms with Crippen LogP contribution in [0.5, 0.6) is 0 Å². The van der Waals surface area contributed by atoms with Gasteiger partial charge in [0.2, 0.25) is 0 Å². The van der Waals surface area contributed by atoms with Crippen molar-refractivity contribution in [1.82, 2.24) is 4.90 Å². The van der Waals surface area contributed by atoms with Crippen molar-refractivity contribution in [2.75, 3.05) is 60.8 Å². The number of methoxy groups -OCH3 is 3. The Bertz CT molecular complexity index is 159. The third-order valence-corrected chi connectivity index (χ3v) is 2.62. The minimum atomic E-state index is 0.161. The molecule has 1 unspecified atom stereocenters. The Hall–Kier alpha value is -0.200. The average Bonchev–Trinajstić information content (AvgIpc) is 2.33. The van der Waals surface area contributed by atoms with E-state index in [1.165, 1.54) is 0 Å². The number of hydrogen-bond acceptors (Lipinski definition) is 5. The van der Waals surface area contributed by atoms with Gasteiger partial charge in [-0.25, -0.2) is 0 Å². The zero-order chi connectivity index (χ0) is 12.9. The van der Waals surface area contributed by atoms with Gasteiger partial charge in [-0.1, -0.05) is 0 Å². The van der Waals surface area contributed by atoms with Crippen molar-refractivity contribution in [3.05, 3.63) is 0 Å². The number of rotatable bonds is 12. The van der Waals surface area contributed by atoms with Crippen LogP contribution in [-0.4, -0.2) is 71.7 Å². The summed E-state index contributed by atoms with van der Waals surface area (Å²) in [5.41, 5.74) is 6.04. The maximum absolute atomic E-state index is 6.04. The molecule has 5 nitrogen and oxygen atoms in total. The predicted molar refractivity (Wildman–Crippen MR) is 69.3 cm³/mol. The Labute approximate surface area is 105 Å². The molecule has 0 aromatic rings. The summed E-state index contributed by atoms with van der Waals surface area (Å²) in [4.78, 5) is 2.32. The molecule has 0 radical (unpaired) electrons. The van der Waals surface area contributed by atoms with E-state index in [4.69, 9.17) is 19.9 Å². The molecule has 5 heteroatoms. The molecular formula is C12H28N2O3. The molecule has 0 aromatic heterocycles. The van der Waals surface area contributed by atoms with Gasteiger partial charge in [0.1, 0.15) is 0 Å². The van der Waals surface area contributed by atoms with Crippen molar-refractivity contribution in [2.45, 2.75) is 18.9 Å². The van der Waals surface area contributed by atoms with E-state index >= 15 is 0 Å². The quantitative estimate of drug-likeness (QED) is 0.505. The summed E-state index contributed by atoms with van der Waals surface area (Å²) < 4.78 is 15.2. The van der Waals surface area contributed by atoms with E-state index in [9.17, 15) is 0 Å². The smallest absolute Gasteiger partial charge is 0.0589 e. The van der Waals surface area contributed by atoms with Crippen molar-refractivity contribution in [3.8, 4) is 0 Å². The fourth-order valence-corrected chi connectivity index (χ4v) is 1.64. The minimum Gasteiger partial charge on any atom is -0.385 e. The summed E-state index contributed by atoms with van der Waals surface area (Å²) in [6.45, 7) is 5.05. The summed E-state index contributed by atoms with van der Waals surface area (Å²) in [7, 11) is 5.15. The fraction of sp³-hybridized carbons (Fsp3) is 1.00. The van der Waals surface area contributed by atoms with E-state index in [-0.39, 0.29) is 6.04 Å². The number of nitrogens with zero attached hydrogens (tertiary/aromatic N) is 1. The first-order valence-electron chi connectivity index (χ1n) is 6.19. The van der Waals surface area contributed by atoms with Crippen LogP contribution in [0.15, 0.2) is 0 Å². The highest BCUT2D eigenvalue weighted by molar-refractivity contribution is 4.68. The summed E-state index contributed by atoms with van der Waals surface area (Å²) in [6, 6.07) is 0.161. The van der Waals surface area contributed by atoms with E-state index in [0.717, 1.165) is 52.3 Å². The molecule has 0 aromatic carbocycles. The Morgan fingerprint density at radius 3 is 2.18 bits per heavy atom. The van der Waals surface area contributed by atoms with Crippen LogP contribution in [0, 0.1) is 0 Å². The monoisotopic (exact) mass is 248 g/mol. The molecule has 0 saturated carbocycles. The number of nitrogens with two attached hydrogens (primary N) is 1. The predicted octanol–water partition coefficient (Wildman–Crippen LogP) is 0.335. The van der Waals surface area contributed by atoms with Crippen molar-refractivity contribution < 1.29 is 14.2 Å². The van der Waals surface area contributed by atoms with Gasteiger partial charge >= 0.3 is 0 Å². The van der Waals surface area contributed by atoms with Crippen LogP contribution >= 0.6 is 0 Å². The van der Waals surface area contributed by atoms with Gasteiger partial charge in [0, 0.05) is 60.2 Å². The topological polar surface area (TPSA) is 57.0 Å². The van der Waals surface area contributed by atoms with E-state index < -0.39 is 0 Å². The van der Waals surface area contributed by atoms with Crippen molar-refractivity contribution in [2.24, 2.45) is 5.73 Å². The van der Waals surface area contributed by atoms with Crippen LogP contribution in [0.3, 0.4) is 0 Å². The summed E-state index contributed by atoms with van der Waals surface area (Å²) >= 11 is 0. The molecule has 0 saturated heterocycles. The van der Waals surface area contributed by atoms with Crippen LogP contribution in [0.25, 0.3) is 0 Å². The largest absolute Gasteiger partial charge is 0.385 e. The molecule has 0 heterocycles. The molecule has 2 N–H and O–H groups in total. The van der Waals surface area contributed by atoms with Crippen LogP contribution in [0.1, 0.15) is 12.8 Å². The SMILES string of the molecule is COCCCN(CCOC)CC(N)CCOC. The lowest BCUT2D eigenvalue weighted by Crippen LogP contribution is -2.40. The number of ether oxygens (including phenoxy) is 3. The maximum atomic E-state index is 6.04. The zero-order valence-corrected chi connectivity index (χ0v) is 11.5. The third-order valence-electron chi connectivity index (χ3n) is 2.62. The second kappa shape index (κ2) is 12.3. The maximum Gasteiger partial charge on any atom is 0.0589 e. The summed E-state index contributed by atoms with van der Waals surface area (Å²) in [5, 5.41) is 0. The first kappa shape index (κ1) is 16.8. The van der Waals surface area contributed by atoms with Gasteiger partial charge < -0.3 is 19.9 Å². The summed E-state index contributed by atoms with van der Waals surface area (Å²) in [5.74, 6) is 0. The molecule has 0 aliphatic carbocycles. The molecule has 17 heavy (non-hydrogen) atoms. The third kappa shape index (κ3) is 10.7. The van der Waals surface area contributed by atoms with Gasteiger partial charge in [-0.2, -0.15) is 0 Å². The van der Waals surface area contributed by atoms with E-state index in [1.807, 2.05) is 0 Å². The summed E-state index contributed by atoms with van der Waals surface area (Å²) in [6.07, 6.45) is 1.92. The normalized spacial score (nSPS) is 13.2. The molecule has 104 valence electrons. The highest BCUT2D eigenvalue weighted by Crippen LogP contribution is 1.98. The van der Waals surface area contributed by atoms with Gasteiger partial charge in [0.25, 0.3) is 0 Å². The Morgan fingerprint density at radius 1 is 0.941 bits per heavy atom. The molecule has 0 aliphatic heterocycles. The first-order chi connectivity index (χ1) is 8.24. The first-order valence-corrected chi connectivity index (χ1v) is 6.19.